The van der Waals surface area contributed by atoms with Gasteiger partial charge in [-0.3, -0.25) is 9.36 Å². The molecule has 0 spiro atoms. The van der Waals surface area contributed by atoms with Gasteiger partial charge in [0.05, 0.1) is 22.8 Å². The zero-order chi connectivity index (χ0) is 28.1. The molecule has 0 aliphatic rings. The van der Waals surface area contributed by atoms with Gasteiger partial charge >= 0.3 is 6.18 Å². The minimum atomic E-state index is -4.77. The Morgan fingerprint density at radius 1 is 0.949 bits per heavy atom. The van der Waals surface area contributed by atoms with Gasteiger partial charge in [0.15, 0.2) is 0 Å². The number of hydrogen-bond acceptors (Lipinski definition) is 4. The molecule has 0 radical (unpaired) electrons. The van der Waals surface area contributed by atoms with E-state index in [1.807, 2.05) is 20.8 Å². The fraction of sp³-hybridized carbons (Fsp3) is 0.179. The maximum absolute atomic E-state index is 14.0. The zero-order valence-electron chi connectivity index (χ0n) is 20.9. The van der Waals surface area contributed by atoms with Crippen molar-refractivity contribution in [3.05, 3.63) is 95.6 Å². The summed E-state index contributed by atoms with van der Waals surface area (Å²) in [5.41, 5.74) is 0.235. The van der Waals surface area contributed by atoms with Gasteiger partial charge < -0.3 is 9.73 Å². The van der Waals surface area contributed by atoms with Crippen LogP contribution in [0.3, 0.4) is 0 Å². The Kier molecular flexibility index (Phi) is 6.24. The van der Waals surface area contributed by atoms with Crippen molar-refractivity contribution in [1.29, 1.82) is 0 Å². The first-order valence-corrected chi connectivity index (χ1v) is 11.7. The summed E-state index contributed by atoms with van der Waals surface area (Å²) in [4.78, 5) is 20.5. The van der Waals surface area contributed by atoms with Gasteiger partial charge in [-0.1, -0.05) is 20.8 Å². The Labute approximate surface area is 219 Å². The molecule has 0 unspecified atom stereocenters. The van der Waals surface area contributed by atoms with Gasteiger partial charge in [-0.25, -0.2) is 18.7 Å². The standard InChI is InChI=1S/C28H21F5N4O2/c1-27(2,3)23-14-34-25(39-23)15-4-11-22-21(12-15)36-26(28(31,32)33)37(22)18-8-6-17(7-9-18)35-24(38)19-13-16(29)5-10-20(19)30/h4-14H,1-3H3,(H,35,38). The van der Waals surface area contributed by atoms with E-state index in [1.165, 1.54) is 36.4 Å². The van der Waals surface area contributed by atoms with E-state index in [1.54, 1.807) is 12.3 Å². The van der Waals surface area contributed by atoms with Crippen LogP contribution < -0.4 is 5.32 Å². The number of nitrogens with zero attached hydrogens (tertiary/aromatic N) is 3. The van der Waals surface area contributed by atoms with Crippen LogP contribution in [0.15, 0.2) is 71.3 Å². The van der Waals surface area contributed by atoms with Crippen LogP contribution in [-0.4, -0.2) is 20.4 Å². The lowest BCUT2D eigenvalue weighted by Crippen LogP contribution is -2.15. The van der Waals surface area contributed by atoms with Crippen molar-refractivity contribution >= 4 is 22.6 Å². The van der Waals surface area contributed by atoms with Crippen molar-refractivity contribution in [3.8, 4) is 17.1 Å². The minimum Gasteiger partial charge on any atom is -0.441 e. The molecule has 0 saturated carbocycles. The highest BCUT2D eigenvalue weighted by Gasteiger charge is 2.38. The molecule has 39 heavy (non-hydrogen) atoms. The average molecular weight is 540 g/mol. The molecule has 0 bridgehead atoms. The topological polar surface area (TPSA) is 73.0 Å². The summed E-state index contributed by atoms with van der Waals surface area (Å²) in [7, 11) is 0. The maximum atomic E-state index is 14.0. The number of amides is 1. The van der Waals surface area contributed by atoms with Gasteiger partial charge in [-0.15, -0.1) is 0 Å². The lowest BCUT2D eigenvalue weighted by molar-refractivity contribution is -0.145. The fourth-order valence-corrected chi connectivity index (χ4v) is 3.98. The number of anilines is 1. The van der Waals surface area contributed by atoms with E-state index in [0.29, 0.717) is 11.3 Å². The lowest BCUT2D eigenvalue weighted by atomic mass is 9.94. The molecular formula is C28H21F5N4O2. The van der Waals surface area contributed by atoms with E-state index in [-0.39, 0.29) is 33.7 Å². The molecular weight excluding hydrogens is 519 g/mol. The molecule has 5 rings (SSSR count). The maximum Gasteiger partial charge on any atom is 0.450 e. The Morgan fingerprint density at radius 3 is 2.31 bits per heavy atom. The molecule has 0 aliphatic heterocycles. The summed E-state index contributed by atoms with van der Waals surface area (Å²) in [5, 5.41) is 2.41. The number of carbonyl (C=O) groups is 1. The van der Waals surface area contributed by atoms with Gasteiger partial charge in [-0.05, 0) is 60.7 Å². The van der Waals surface area contributed by atoms with Crippen molar-refractivity contribution in [3.63, 3.8) is 0 Å². The number of benzene rings is 3. The molecule has 1 N–H and O–H groups in total. The van der Waals surface area contributed by atoms with Gasteiger partial charge in [0.2, 0.25) is 11.7 Å². The number of hydrogen-bond donors (Lipinski definition) is 1. The highest BCUT2D eigenvalue weighted by Crippen LogP contribution is 2.36. The van der Waals surface area contributed by atoms with E-state index in [2.05, 4.69) is 15.3 Å². The first-order valence-electron chi connectivity index (χ1n) is 11.7. The highest BCUT2D eigenvalue weighted by atomic mass is 19.4. The monoisotopic (exact) mass is 540 g/mol. The van der Waals surface area contributed by atoms with Crippen LogP contribution in [-0.2, 0) is 11.6 Å². The Balaban J connectivity index is 1.50. The minimum absolute atomic E-state index is 0.0780. The van der Waals surface area contributed by atoms with Crippen LogP contribution in [0.5, 0.6) is 0 Å². The number of imidazole rings is 1. The summed E-state index contributed by atoms with van der Waals surface area (Å²) >= 11 is 0. The van der Waals surface area contributed by atoms with Crippen molar-refractivity contribution in [2.24, 2.45) is 0 Å². The Hall–Kier alpha value is -4.54. The third kappa shape index (κ3) is 5.12. The van der Waals surface area contributed by atoms with Crippen molar-refractivity contribution in [2.45, 2.75) is 32.4 Å². The van der Waals surface area contributed by atoms with E-state index in [0.717, 1.165) is 22.8 Å². The summed E-state index contributed by atoms with van der Waals surface area (Å²) in [5.74, 6) is -2.85. The van der Waals surface area contributed by atoms with Crippen molar-refractivity contribution < 1.29 is 31.2 Å². The largest absolute Gasteiger partial charge is 0.450 e. The van der Waals surface area contributed by atoms with E-state index in [4.69, 9.17) is 4.42 Å². The van der Waals surface area contributed by atoms with Crippen molar-refractivity contribution in [1.82, 2.24) is 14.5 Å². The van der Waals surface area contributed by atoms with Gasteiger partial charge in [0.1, 0.15) is 17.4 Å². The van der Waals surface area contributed by atoms with Crippen LogP contribution in [0.25, 0.3) is 28.2 Å². The second-order valence-electron chi connectivity index (χ2n) is 9.88. The first kappa shape index (κ1) is 26.1. The SMILES string of the molecule is CC(C)(C)c1cnc(-c2ccc3c(c2)nc(C(F)(F)F)n3-c2ccc(NC(=O)c3cc(F)ccc3F)cc2)o1. The molecule has 200 valence electrons. The van der Waals surface area contributed by atoms with Gasteiger partial charge in [0, 0.05) is 22.4 Å². The zero-order valence-corrected chi connectivity index (χ0v) is 20.9. The summed E-state index contributed by atoms with van der Waals surface area (Å²) in [6.45, 7) is 5.86. The third-order valence-electron chi connectivity index (χ3n) is 5.96. The molecule has 0 aliphatic carbocycles. The number of oxazole rings is 1. The summed E-state index contributed by atoms with van der Waals surface area (Å²) < 4.78 is 76.1. The van der Waals surface area contributed by atoms with Crippen LogP contribution >= 0.6 is 0 Å². The molecule has 0 saturated heterocycles. The van der Waals surface area contributed by atoms with E-state index in [9.17, 15) is 26.7 Å². The van der Waals surface area contributed by atoms with Crippen molar-refractivity contribution in [2.75, 3.05) is 5.32 Å². The van der Waals surface area contributed by atoms with Crippen LogP contribution in [0.2, 0.25) is 0 Å². The molecule has 2 aromatic heterocycles. The summed E-state index contributed by atoms with van der Waals surface area (Å²) in [6.07, 6.45) is -3.19. The smallest absolute Gasteiger partial charge is 0.441 e. The van der Waals surface area contributed by atoms with Crippen LogP contribution in [0, 0.1) is 11.6 Å². The molecule has 0 fully saturated rings. The number of rotatable bonds is 4. The molecule has 5 aromatic rings. The van der Waals surface area contributed by atoms with E-state index >= 15 is 0 Å². The second-order valence-corrected chi connectivity index (χ2v) is 9.88. The van der Waals surface area contributed by atoms with Crippen LogP contribution in [0.1, 0.15) is 42.7 Å². The number of nitrogens with one attached hydrogen (secondary N) is 1. The number of carbonyl (C=O) groups excluding carboxylic acids is 1. The fourth-order valence-electron chi connectivity index (χ4n) is 3.98. The molecule has 3 aromatic carbocycles. The van der Waals surface area contributed by atoms with E-state index < -0.39 is 35.1 Å². The number of aromatic nitrogens is 3. The van der Waals surface area contributed by atoms with Gasteiger partial charge in [-0.2, -0.15) is 13.2 Å². The Morgan fingerprint density at radius 2 is 1.67 bits per heavy atom. The van der Waals surface area contributed by atoms with Gasteiger partial charge in [0.25, 0.3) is 5.91 Å². The molecule has 0 atom stereocenters. The average Bonchev–Trinajstić information content (AvgIpc) is 3.51. The lowest BCUT2D eigenvalue weighted by Gasteiger charge is -2.13. The molecule has 2 heterocycles. The normalized spacial score (nSPS) is 12.2. The van der Waals surface area contributed by atoms with Crippen LogP contribution in [0.4, 0.5) is 27.6 Å². The first-order chi connectivity index (χ1) is 18.3. The highest BCUT2D eigenvalue weighted by molar-refractivity contribution is 6.04. The summed E-state index contributed by atoms with van der Waals surface area (Å²) in [6, 6.07) is 12.4. The quantitative estimate of drug-likeness (QED) is 0.239. The molecule has 6 nitrogen and oxygen atoms in total. The third-order valence-corrected chi connectivity index (χ3v) is 5.96. The molecule has 1 amide bonds. The number of fused-ring (bicyclic) bond motifs is 1. The molecule has 11 heteroatoms. The second kappa shape index (κ2) is 9.33. The predicted molar refractivity (Wildman–Crippen MR) is 135 cm³/mol. The Bertz CT molecular complexity index is 1700. The number of alkyl halides is 3. The predicted octanol–water partition coefficient (Wildman–Crippen LogP) is 7.53. The number of halogens is 5.